The van der Waals surface area contributed by atoms with Crippen molar-refractivity contribution in [2.24, 2.45) is 16.7 Å². The highest BCUT2D eigenvalue weighted by Crippen LogP contribution is 2.67. The first-order valence-electron chi connectivity index (χ1n) is 15.0. The Morgan fingerprint density at radius 1 is 1.10 bits per heavy atom. The van der Waals surface area contributed by atoms with Crippen molar-refractivity contribution in [1.82, 2.24) is 4.90 Å². The van der Waals surface area contributed by atoms with Gasteiger partial charge in [0, 0.05) is 31.4 Å². The number of carbonyl (C=O) groups is 3. The first kappa shape index (κ1) is 32.1. The Morgan fingerprint density at radius 3 is 2.37 bits per heavy atom. The van der Waals surface area contributed by atoms with Gasteiger partial charge in [-0.1, -0.05) is 33.3 Å². The molecule has 4 rings (SSSR count). The fourth-order valence-corrected chi connectivity index (χ4v) is 8.50. The highest BCUT2D eigenvalue weighted by molar-refractivity contribution is 5.92. The van der Waals surface area contributed by atoms with Crippen LogP contribution in [0.2, 0.25) is 0 Å². The molecule has 4 aliphatic rings. The van der Waals surface area contributed by atoms with Crippen LogP contribution in [0.15, 0.2) is 12.7 Å². The predicted molar refractivity (Wildman–Crippen MR) is 150 cm³/mol. The van der Waals surface area contributed by atoms with Crippen molar-refractivity contribution in [2.45, 2.75) is 115 Å². The van der Waals surface area contributed by atoms with E-state index in [2.05, 4.69) is 11.5 Å². The average Bonchev–Trinajstić information content (AvgIpc) is 2.91. The molecule has 0 amide bonds. The minimum Gasteiger partial charge on any atom is -0.458 e. The number of esters is 2. The number of Topliss-reactive ketones (excluding diaryl/α,β-unsaturated/α-hetero) is 1. The van der Waals surface area contributed by atoms with E-state index in [1.165, 1.54) is 26.5 Å². The molecule has 232 valence electrons. The van der Waals surface area contributed by atoms with Gasteiger partial charge in [0.25, 0.3) is 0 Å². The molecule has 0 aromatic carbocycles. The van der Waals surface area contributed by atoms with Crippen molar-refractivity contribution >= 4 is 17.7 Å². The molecule has 0 unspecified atom stereocenters. The van der Waals surface area contributed by atoms with E-state index in [4.69, 9.17) is 18.9 Å². The van der Waals surface area contributed by atoms with Crippen molar-refractivity contribution in [3.05, 3.63) is 12.7 Å². The van der Waals surface area contributed by atoms with Crippen LogP contribution in [0, 0.1) is 16.7 Å². The number of methoxy groups -OCH3 is 1. The summed E-state index contributed by atoms with van der Waals surface area (Å²) in [5, 5.41) is 24.3. The first-order valence-corrected chi connectivity index (χ1v) is 15.0. The van der Waals surface area contributed by atoms with E-state index in [0.29, 0.717) is 19.4 Å². The number of nitrogens with zero attached hydrogens (tertiary/aromatic N) is 1. The molecule has 8 atom stereocenters. The number of hydrogen-bond donors (Lipinski definition) is 2. The van der Waals surface area contributed by atoms with Crippen molar-refractivity contribution in [1.29, 1.82) is 0 Å². The molecule has 0 spiro atoms. The van der Waals surface area contributed by atoms with Crippen LogP contribution in [0.3, 0.4) is 0 Å². The van der Waals surface area contributed by atoms with Crippen LogP contribution >= 0.6 is 0 Å². The Morgan fingerprint density at radius 2 is 1.76 bits per heavy atom. The summed E-state index contributed by atoms with van der Waals surface area (Å²) in [4.78, 5) is 42.9. The summed E-state index contributed by atoms with van der Waals surface area (Å²) in [6, 6.07) is 0. The van der Waals surface area contributed by atoms with E-state index in [1.807, 2.05) is 13.8 Å². The summed E-state index contributed by atoms with van der Waals surface area (Å²) >= 11 is 0. The quantitative estimate of drug-likeness (QED) is 0.327. The summed E-state index contributed by atoms with van der Waals surface area (Å²) in [6.45, 7) is 14.7. The molecule has 2 heterocycles. The molecule has 0 radical (unpaired) electrons. The van der Waals surface area contributed by atoms with Gasteiger partial charge in [-0.2, -0.15) is 0 Å². The third-order valence-corrected chi connectivity index (χ3v) is 10.6. The largest absolute Gasteiger partial charge is 0.458 e. The number of aliphatic hydroxyl groups excluding tert-OH is 1. The zero-order valence-corrected chi connectivity index (χ0v) is 25.6. The van der Waals surface area contributed by atoms with Gasteiger partial charge in [-0.25, -0.2) is 4.79 Å². The van der Waals surface area contributed by atoms with Crippen LogP contribution in [0.5, 0.6) is 0 Å². The van der Waals surface area contributed by atoms with Gasteiger partial charge in [-0.3, -0.25) is 9.59 Å². The van der Waals surface area contributed by atoms with Gasteiger partial charge in [0.2, 0.25) is 0 Å². The smallest absolute Gasteiger partial charge is 0.332 e. The molecule has 10 heteroatoms. The van der Waals surface area contributed by atoms with Gasteiger partial charge < -0.3 is 34.1 Å². The number of carbonyl (C=O) groups excluding carboxylic acids is 3. The molecule has 10 nitrogen and oxygen atoms in total. The number of ketones is 1. The fourth-order valence-electron chi connectivity index (χ4n) is 8.50. The molecule has 4 fully saturated rings. The van der Waals surface area contributed by atoms with Crippen LogP contribution < -0.4 is 0 Å². The van der Waals surface area contributed by atoms with E-state index in [0.717, 1.165) is 25.9 Å². The van der Waals surface area contributed by atoms with Crippen LogP contribution in [0.25, 0.3) is 0 Å². The summed E-state index contributed by atoms with van der Waals surface area (Å²) in [6.07, 6.45) is 2.05. The highest BCUT2D eigenvalue weighted by atomic mass is 16.6. The van der Waals surface area contributed by atoms with Crippen molar-refractivity contribution in [3.8, 4) is 0 Å². The van der Waals surface area contributed by atoms with Gasteiger partial charge in [-0.15, -0.1) is 6.58 Å². The lowest BCUT2D eigenvalue weighted by Crippen LogP contribution is -2.87. The lowest BCUT2D eigenvalue weighted by Gasteiger charge is -2.71. The summed E-state index contributed by atoms with van der Waals surface area (Å²) in [5.74, 6) is -2.53. The molecule has 41 heavy (non-hydrogen) atoms. The number of likely N-dealkylation sites (tertiary alicyclic amines) is 1. The number of ether oxygens (including phenoxy) is 4. The number of hydrogen-bond acceptors (Lipinski definition) is 10. The number of aliphatic hydroxyl groups is 2. The molecule has 0 aromatic rings. The maximum Gasteiger partial charge on any atom is 0.332 e. The van der Waals surface area contributed by atoms with E-state index in [9.17, 15) is 24.6 Å². The van der Waals surface area contributed by atoms with Crippen LogP contribution in [0.4, 0.5) is 0 Å². The number of rotatable bonds is 8. The second kappa shape index (κ2) is 11.3. The Labute approximate surface area is 243 Å². The molecule has 2 N–H and O–H groups in total. The van der Waals surface area contributed by atoms with Crippen molar-refractivity contribution in [2.75, 3.05) is 33.4 Å². The minimum atomic E-state index is -2.28. The van der Waals surface area contributed by atoms with E-state index in [-0.39, 0.29) is 19.4 Å². The zero-order valence-electron chi connectivity index (χ0n) is 25.6. The average molecular weight is 580 g/mol. The second-order valence-corrected chi connectivity index (χ2v) is 13.8. The molecular formula is C31H49NO9. The summed E-state index contributed by atoms with van der Waals surface area (Å²) in [5.41, 5.74) is -7.49. The van der Waals surface area contributed by atoms with Crippen molar-refractivity contribution in [3.63, 3.8) is 0 Å². The molecule has 2 aliphatic heterocycles. The summed E-state index contributed by atoms with van der Waals surface area (Å²) < 4.78 is 23.8. The standard InChI is InChI=1S/C31H49NO9/c1-8-28(4)18-21(34)31(37)29(5)20(33)12-14-27(2,3)25(29)24(26(30(31,6)41-28)40-23(36)19-38-7)39-22(35)13-17-32-15-10-9-11-16-32/h8,20,24-26,33,37H,1,9-19H2,2-7H3/t20-,24-,25-,26-,28-,29-,30+,31-/m0/s1. The Hall–Kier alpha value is -1.85. The number of fused-ring (bicyclic) bond motifs is 3. The van der Waals surface area contributed by atoms with E-state index in [1.54, 1.807) is 13.8 Å². The first-order chi connectivity index (χ1) is 19.1. The van der Waals surface area contributed by atoms with E-state index < -0.39 is 69.6 Å². The van der Waals surface area contributed by atoms with Gasteiger partial charge >= 0.3 is 11.9 Å². The second-order valence-electron chi connectivity index (χ2n) is 13.8. The topological polar surface area (TPSA) is 132 Å². The van der Waals surface area contributed by atoms with Gasteiger partial charge in [-0.05, 0) is 58.0 Å². The molecular weight excluding hydrogens is 530 g/mol. The molecule has 2 saturated heterocycles. The normalized spacial score (nSPS) is 42.5. The van der Waals surface area contributed by atoms with Crippen molar-refractivity contribution < 1.29 is 43.5 Å². The Bertz CT molecular complexity index is 1040. The molecule has 0 aromatic heterocycles. The van der Waals surface area contributed by atoms with Gasteiger partial charge in [0.15, 0.2) is 17.5 Å². The van der Waals surface area contributed by atoms with E-state index >= 15 is 0 Å². The molecule has 2 aliphatic carbocycles. The fraction of sp³-hybridized carbons (Fsp3) is 0.839. The lowest BCUT2D eigenvalue weighted by molar-refractivity contribution is -0.371. The summed E-state index contributed by atoms with van der Waals surface area (Å²) in [7, 11) is 1.35. The predicted octanol–water partition coefficient (Wildman–Crippen LogP) is 2.57. The SMILES string of the molecule is C=C[C@@]1(C)CC(=O)[C@]2(O)[C@@]3(C)[C@@H](O)CCC(C)(C)[C@@H]3[C@H](OC(=O)CCN3CCCCC3)[C@H](OC(=O)COC)[C@@]2(C)O1. The highest BCUT2D eigenvalue weighted by Gasteiger charge is 2.82. The zero-order chi connectivity index (χ0) is 30.4. The third kappa shape index (κ3) is 5.18. The molecule has 2 saturated carbocycles. The van der Waals surface area contributed by atoms with Crippen LogP contribution in [-0.4, -0.2) is 101 Å². The lowest BCUT2D eigenvalue weighted by atomic mass is 9.39. The maximum atomic E-state index is 14.1. The Balaban J connectivity index is 1.84. The number of piperidine rings is 1. The minimum absolute atomic E-state index is 0.132. The Kier molecular flexibility index (Phi) is 8.87. The van der Waals surface area contributed by atoms with Gasteiger partial charge in [0.1, 0.15) is 18.3 Å². The van der Waals surface area contributed by atoms with Crippen LogP contribution in [0.1, 0.15) is 79.6 Å². The molecule has 0 bridgehead atoms. The maximum absolute atomic E-state index is 14.1. The third-order valence-electron chi connectivity index (χ3n) is 10.6. The van der Waals surface area contributed by atoms with Gasteiger partial charge in [0.05, 0.1) is 18.1 Å². The van der Waals surface area contributed by atoms with Crippen LogP contribution in [-0.2, 0) is 33.3 Å². The monoisotopic (exact) mass is 579 g/mol.